The number of aromatic nitrogens is 1. The van der Waals surface area contributed by atoms with Gasteiger partial charge in [-0.2, -0.15) is 0 Å². The molecule has 21 heavy (non-hydrogen) atoms. The minimum Gasteiger partial charge on any atom is -0.469 e. The molecule has 1 fully saturated rings. The largest absolute Gasteiger partial charge is 0.469 e. The number of piperidine rings is 1. The van der Waals surface area contributed by atoms with Crippen molar-refractivity contribution in [3.63, 3.8) is 0 Å². The second-order valence-electron chi connectivity index (χ2n) is 4.95. The summed E-state index contributed by atoms with van der Waals surface area (Å²) in [6.07, 6.45) is 2.66. The molecule has 1 aromatic heterocycles. The van der Waals surface area contributed by atoms with Gasteiger partial charge in [-0.05, 0) is 35.7 Å². The third kappa shape index (κ3) is 3.15. The maximum Gasteiger partial charge on any atom is 0.308 e. The van der Waals surface area contributed by atoms with E-state index in [1.54, 1.807) is 6.92 Å². The molecule has 0 bridgehead atoms. The molecule has 1 saturated heterocycles. The number of halogens is 1. The fourth-order valence-electron chi connectivity index (χ4n) is 2.45. The molecule has 0 aromatic carbocycles. The van der Waals surface area contributed by atoms with Crippen molar-refractivity contribution in [2.75, 3.05) is 25.1 Å². The average Bonchev–Trinajstić information content (AvgIpc) is 2.49. The Kier molecular flexibility index (Phi) is 4.76. The Morgan fingerprint density at radius 1 is 1.52 bits per heavy atom. The Morgan fingerprint density at radius 3 is 2.67 bits per heavy atom. The number of carbonyl (C=O) groups excluding carboxylic acids is 1. The van der Waals surface area contributed by atoms with Crippen molar-refractivity contribution < 1.29 is 14.5 Å². The molecule has 2 heterocycles. The summed E-state index contributed by atoms with van der Waals surface area (Å²) >= 11 is 3.39. The number of carbonyl (C=O) groups is 1. The molecule has 0 atom stereocenters. The summed E-state index contributed by atoms with van der Waals surface area (Å²) in [5, 5.41) is 10.9. The molecule has 0 aliphatic carbocycles. The van der Waals surface area contributed by atoms with E-state index in [4.69, 9.17) is 4.74 Å². The lowest BCUT2D eigenvalue weighted by atomic mass is 9.97. The maximum atomic E-state index is 11.5. The first-order valence-corrected chi connectivity index (χ1v) is 7.37. The predicted molar refractivity (Wildman–Crippen MR) is 80.3 cm³/mol. The Labute approximate surface area is 130 Å². The highest BCUT2D eigenvalue weighted by atomic mass is 79.9. The number of esters is 1. The van der Waals surface area contributed by atoms with Crippen molar-refractivity contribution in [3.8, 4) is 0 Å². The van der Waals surface area contributed by atoms with E-state index in [2.05, 4.69) is 20.9 Å². The van der Waals surface area contributed by atoms with Gasteiger partial charge in [0.05, 0.1) is 22.4 Å². The normalized spacial score (nSPS) is 15.9. The topological polar surface area (TPSA) is 85.6 Å². The predicted octanol–water partition coefficient (Wildman–Crippen LogP) is 2.45. The first-order valence-electron chi connectivity index (χ1n) is 6.58. The van der Waals surface area contributed by atoms with Crippen LogP contribution in [0.4, 0.5) is 11.5 Å². The summed E-state index contributed by atoms with van der Waals surface area (Å²) in [4.78, 5) is 28.2. The molecule has 7 nitrogen and oxygen atoms in total. The summed E-state index contributed by atoms with van der Waals surface area (Å²) in [6.45, 7) is 3.03. The Bertz CT molecular complexity index is 571. The molecule has 0 radical (unpaired) electrons. The van der Waals surface area contributed by atoms with E-state index in [0.29, 0.717) is 41.8 Å². The molecule has 1 aliphatic heterocycles. The van der Waals surface area contributed by atoms with E-state index in [0.717, 1.165) is 0 Å². The number of rotatable bonds is 3. The number of nitro groups is 1. The van der Waals surface area contributed by atoms with Crippen molar-refractivity contribution in [3.05, 3.63) is 26.3 Å². The fraction of sp³-hybridized carbons (Fsp3) is 0.538. The standard InChI is InChI=1S/C13H16BrN3O4/c1-8-10(17(19)20)7-15-12(11(8)14)16-5-3-9(4-6-16)13(18)21-2/h7,9H,3-6H2,1-2H3. The molecule has 1 aromatic rings. The van der Waals surface area contributed by atoms with E-state index < -0.39 is 4.92 Å². The van der Waals surface area contributed by atoms with Crippen molar-refractivity contribution >= 4 is 33.4 Å². The summed E-state index contributed by atoms with van der Waals surface area (Å²) < 4.78 is 5.39. The first-order chi connectivity index (χ1) is 9.95. The Morgan fingerprint density at radius 2 is 2.14 bits per heavy atom. The van der Waals surface area contributed by atoms with Gasteiger partial charge in [0.1, 0.15) is 12.0 Å². The SMILES string of the molecule is COC(=O)C1CCN(c2ncc([N+](=O)[O-])c(C)c2Br)CC1. The van der Waals surface area contributed by atoms with Crippen molar-refractivity contribution in [2.24, 2.45) is 5.92 Å². The Hall–Kier alpha value is -1.70. The summed E-state index contributed by atoms with van der Waals surface area (Å²) in [5.41, 5.74) is 0.551. The summed E-state index contributed by atoms with van der Waals surface area (Å²) in [6, 6.07) is 0. The summed E-state index contributed by atoms with van der Waals surface area (Å²) in [5.74, 6) is 0.423. The maximum absolute atomic E-state index is 11.5. The zero-order chi connectivity index (χ0) is 15.6. The van der Waals surface area contributed by atoms with Crippen molar-refractivity contribution in [2.45, 2.75) is 19.8 Å². The second-order valence-corrected chi connectivity index (χ2v) is 5.74. The highest BCUT2D eigenvalue weighted by Gasteiger charge is 2.28. The van der Waals surface area contributed by atoms with E-state index in [9.17, 15) is 14.9 Å². The number of hydrogen-bond acceptors (Lipinski definition) is 6. The van der Waals surface area contributed by atoms with Crippen LogP contribution in [-0.2, 0) is 9.53 Å². The third-order valence-corrected chi connectivity index (χ3v) is 4.69. The fourth-order valence-corrected chi connectivity index (χ4v) is 3.01. The first kappa shape index (κ1) is 15.7. The van der Waals surface area contributed by atoms with Crippen LogP contribution in [0.3, 0.4) is 0 Å². The summed E-state index contributed by atoms with van der Waals surface area (Å²) in [7, 11) is 1.40. The molecule has 114 valence electrons. The van der Waals surface area contributed by atoms with Gasteiger partial charge in [0, 0.05) is 18.7 Å². The lowest BCUT2D eigenvalue weighted by molar-refractivity contribution is -0.385. The highest BCUT2D eigenvalue weighted by Crippen LogP contribution is 2.34. The average molecular weight is 358 g/mol. The van der Waals surface area contributed by atoms with E-state index in [1.807, 2.05) is 4.90 Å². The molecule has 8 heteroatoms. The van der Waals surface area contributed by atoms with Gasteiger partial charge in [-0.1, -0.05) is 0 Å². The number of nitrogens with zero attached hydrogens (tertiary/aromatic N) is 3. The monoisotopic (exact) mass is 357 g/mol. The quantitative estimate of drug-likeness (QED) is 0.469. The van der Waals surface area contributed by atoms with Gasteiger partial charge >= 0.3 is 5.97 Å². The van der Waals surface area contributed by atoms with Gasteiger partial charge in [0.2, 0.25) is 0 Å². The number of methoxy groups -OCH3 is 1. The van der Waals surface area contributed by atoms with Gasteiger partial charge in [0.15, 0.2) is 0 Å². The van der Waals surface area contributed by atoms with Gasteiger partial charge in [-0.15, -0.1) is 0 Å². The molecular formula is C13H16BrN3O4. The van der Waals surface area contributed by atoms with Gasteiger partial charge < -0.3 is 9.64 Å². The highest BCUT2D eigenvalue weighted by molar-refractivity contribution is 9.10. The lowest BCUT2D eigenvalue weighted by Crippen LogP contribution is -2.37. The van der Waals surface area contributed by atoms with Crippen LogP contribution in [0.5, 0.6) is 0 Å². The number of hydrogen-bond donors (Lipinski definition) is 0. The molecular weight excluding hydrogens is 342 g/mol. The minimum atomic E-state index is -0.444. The second kappa shape index (κ2) is 6.38. The third-order valence-electron chi connectivity index (χ3n) is 3.74. The van der Waals surface area contributed by atoms with Crippen LogP contribution in [0, 0.1) is 23.0 Å². The molecule has 2 rings (SSSR count). The van der Waals surface area contributed by atoms with Gasteiger partial charge in [-0.25, -0.2) is 4.98 Å². The molecule has 0 N–H and O–H groups in total. The molecule has 0 unspecified atom stereocenters. The Balaban J connectivity index is 2.16. The van der Waals surface area contributed by atoms with Crippen LogP contribution in [0.15, 0.2) is 10.7 Å². The van der Waals surface area contributed by atoms with Crippen LogP contribution < -0.4 is 4.90 Å². The zero-order valence-electron chi connectivity index (χ0n) is 11.8. The lowest BCUT2D eigenvalue weighted by Gasteiger charge is -2.32. The minimum absolute atomic E-state index is 0.00456. The number of ether oxygens (including phenoxy) is 1. The van der Waals surface area contributed by atoms with Crippen LogP contribution in [0.1, 0.15) is 18.4 Å². The van der Waals surface area contributed by atoms with Crippen LogP contribution in [0.2, 0.25) is 0 Å². The van der Waals surface area contributed by atoms with Crippen LogP contribution >= 0.6 is 15.9 Å². The van der Waals surface area contributed by atoms with Crippen molar-refractivity contribution in [1.29, 1.82) is 0 Å². The van der Waals surface area contributed by atoms with Crippen LogP contribution in [0.25, 0.3) is 0 Å². The molecule has 0 amide bonds. The van der Waals surface area contributed by atoms with Crippen LogP contribution in [-0.4, -0.2) is 36.1 Å². The number of pyridine rings is 1. The van der Waals surface area contributed by atoms with E-state index >= 15 is 0 Å². The zero-order valence-corrected chi connectivity index (χ0v) is 13.4. The van der Waals surface area contributed by atoms with Crippen molar-refractivity contribution in [1.82, 2.24) is 4.98 Å². The van der Waals surface area contributed by atoms with Gasteiger partial charge in [-0.3, -0.25) is 14.9 Å². The smallest absolute Gasteiger partial charge is 0.308 e. The number of anilines is 1. The van der Waals surface area contributed by atoms with E-state index in [1.165, 1.54) is 13.3 Å². The molecule has 0 saturated carbocycles. The van der Waals surface area contributed by atoms with Gasteiger partial charge in [0.25, 0.3) is 5.69 Å². The molecule has 0 spiro atoms. The van der Waals surface area contributed by atoms with E-state index in [-0.39, 0.29) is 17.6 Å². The molecule has 1 aliphatic rings.